The molecular weight excluding hydrogens is 346 g/mol. The Hall–Kier alpha value is -3.18. The van der Waals surface area contributed by atoms with Gasteiger partial charge in [0, 0.05) is 11.3 Å². The zero-order valence-electron chi connectivity index (χ0n) is 13.7. The van der Waals surface area contributed by atoms with Gasteiger partial charge in [0.1, 0.15) is 0 Å². The van der Waals surface area contributed by atoms with Gasteiger partial charge in [-0.3, -0.25) is 4.79 Å². The van der Waals surface area contributed by atoms with Crippen molar-refractivity contribution in [3.05, 3.63) is 95.7 Å². The third kappa shape index (κ3) is 2.82. The molecule has 0 aromatic heterocycles. The van der Waals surface area contributed by atoms with Crippen molar-refractivity contribution in [2.45, 2.75) is 9.79 Å². The SMILES string of the molecule is O=C1/C(=C/c2ccc(S(=O)(=O)c3ccccc3)cc2)Nc2ccccc21. The van der Waals surface area contributed by atoms with Gasteiger partial charge in [0.25, 0.3) is 0 Å². The zero-order valence-corrected chi connectivity index (χ0v) is 14.5. The smallest absolute Gasteiger partial charge is 0.211 e. The van der Waals surface area contributed by atoms with E-state index >= 15 is 0 Å². The lowest BCUT2D eigenvalue weighted by Crippen LogP contribution is -2.02. The van der Waals surface area contributed by atoms with Crippen molar-refractivity contribution in [2.75, 3.05) is 5.32 Å². The van der Waals surface area contributed by atoms with Crippen LogP contribution >= 0.6 is 0 Å². The second-order valence-electron chi connectivity index (χ2n) is 5.94. The van der Waals surface area contributed by atoms with Gasteiger partial charge in [-0.05, 0) is 48.0 Å². The normalized spacial score (nSPS) is 14.9. The van der Waals surface area contributed by atoms with Crippen LogP contribution in [0.5, 0.6) is 0 Å². The average molecular weight is 361 g/mol. The molecule has 128 valence electrons. The van der Waals surface area contributed by atoms with Crippen LogP contribution in [-0.4, -0.2) is 14.2 Å². The molecule has 0 fully saturated rings. The second kappa shape index (κ2) is 6.28. The Kier molecular flexibility index (Phi) is 3.93. The average Bonchev–Trinajstić information content (AvgIpc) is 2.99. The lowest BCUT2D eigenvalue weighted by atomic mass is 10.1. The van der Waals surface area contributed by atoms with Crippen molar-refractivity contribution in [2.24, 2.45) is 0 Å². The number of allylic oxidation sites excluding steroid dienone is 1. The number of sulfone groups is 1. The largest absolute Gasteiger partial charge is 0.352 e. The van der Waals surface area contributed by atoms with Gasteiger partial charge in [-0.2, -0.15) is 0 Å². The number of fused-ring (bicyclic) bond motifs is 1. The van der Waals surface area contributed by atoms with Gasteiger partial charge < -0.3 is 5.32 Å². The third-order valence-electron chi connectivity index (χ3n) is 4.24. The number of hydrogen-bond acceptors (Lipinski definition) is 4. The molecule has 3 aromatic rings. The van der Waals surface area contributed by atoms with Crippen LogP contribution in [0.15, 0.2) is 94.4 Å². The maximum absolute atomic E-state index is 12.6. The molecule has 1 aliphatic heterocycles. The van der Waals surface area contributed by atoms with E-state index in [1.165, 1.54) is 0 Å². The summed E-state index contributed by atoms with van der Waals surface area (Å²) in [5.41, 5.74) is 2.65. The highest BCUT2D eigenvalue weighted by Gasteiger charge is 2.23. The maximum atomic E-state index is 12.6. The van der Waals surface area contributed by atoms with Crippen LogP contribution in [0, 0.1) is 0 Å². The molecule has 4 rings (SSSR count). The standard InChI is InChI=1S/C21H15NO3S/c23-21-18-8-4-5-9-19(18)22-20(21)14-15-10-12-17(13-11-15)26(24,25)16-6-2-1-3-7-16/h1-14,22H/b20-14-. The van der Waals surface area contributed by atoms with Crippen molar-refractivity contribution in [3.8, 4) is 0 Å². The molecule has 0 bridgehead atoms. The molecule has 1 N–H and O–H groups in total. The van der Waals surface area contributed by atoms with Gasteiger partial charge in [0.2, 0.25) is 15.6 Å². The Balaban J connectivity index is 1.63. The molecule has 0 amide bonds. The highest BCUT2D eigenvalue weighted by Crippen LogP contribution is 2.29. The van der Waals surface area contributed by atoms with Crippen molar-refractivity contribution in [3.63, 3.8) is 0 Å². The van der Waals surface area contributed by atoms with Crippen LogP contribution in [-0.2, 0) is 9.84 Å². The summed E-state index contributed by atoms with van der Waals surface area (Å²) in [6, 6.07) is 22.1. The van der Waals surface area contributed by atoms with E-state index < -0.39 is 9.84 Å². The van der Waals surface area contributed by atoms with Crippen LogP contribution < -0.4 is 5.32 Å². The van der Waals surface area contributed by atoms with E-state index in [0.717, 1.165) is 11.3 Å². The number of para-hydroxylation sites is 1. The minimum atomic E-state index is -3.54. The predicted molar refractivity (Wildman–Crippen MR) is 101 cm³/mol. The molecule has 5 heteroatoms. The minimum Gasteiger partial charge on any atom is -0.352 e. The molecule has 3 aromatic carbocycles. The Labute approximate surface area is 151 Å². The zero-order chi connectivity index (χ0) is 18.1. The van der Waals surface area contributed by atoms with Gasteiger partial charge >= 0.3 is 0 Å². The van der Waals surface area contributed by atoms with Crippen LogP contribution in [0.3, 0.4) is 0 Å². The second-order valence-corrected chi connectivity index (χ2v) is 7.89. The monoisotopic (exact) mass is 361 g/mol. The summed E-state index contributed by atoms with van der Waals surface area (Å²) >= 11 is 0. The first-order valence-electron chi connectivity index (χ1n) is 8.08. The minimum absolute atomic E-state index is 0.0680. The first-order chi connectivity index (χ1) is 12.6. The molecule has 1 heterocycles. The molecular formula is C21H15NO3S. The summed E-state index contributed by atoms with van der Waals surface area (Å²) < 4.78 is 25.2. The van der Waals surface area contributed by atoms with Crippen molar-refractivity contribution in [1.29, 1.82) is 0 Å². The fourth-order valence-corrected chi connectivity index (χ4v) is 4.17. The Morgan fingerprint density at radius 3 is 2.04 bits per heavy atom. The number of benzene rings is 3. The summed E-state index contributed by atoms with van der Waals surface area (Å²) in [5, 5.41) is 3.10. The van der Waals surface area contributed by atoms with Crippen molar-refractivity contribution < 1.29 is 13.2 Å². The molecule has 0 aliphatic carbocycles. The van der Waals surface area contributed by atoms with Crippen molar-refractivity contribution in [1.82, 2.24) is 0 Å². The quantitative estimate of drug-likeness (QED) is 0.711. The number of ketones is 1. The van der Waals surface area contributed by atoms with E-state index in [-0.39, 0.29) is 15.6 Å². The van der Waals surface area contributed by atoms with E-state index in [1.54, 1.807) is 66.7 Å². The maximum Gasteiger partial charge on any atom is 0.211 e. The van der Waals surface area contributed by atoms with Crippen LogP contribution in [0.25, 0.3) is 6.08 Å². The predicted octanol–water partition coefficient (Wildman–Crippen LogP) is 4.17. The molecule has 0 atom stereocenters. The molecule has 0 saturated carbocycles. The first-order valence-corrected chi connectivity index (χ1v) is 9.57. The number of anilines is 1. The first kappa shape index (κ1) is 16.3. The Morgan fingerprint density at radius 2 is 1.35 bits per heavy atom. The fourth-order valence-electron chi connectivity index (χ4n) is 2.88. The lowest BCUT2D eigenvalue weighted by molar-refractivity contribution is 0.104. The summed E-state index contributed by atoms with van der Waals surface area (Å²) in [7, 11) is -3.54. The van der Waals surface area contributed by atoms with E-state index in [4.69, 9.17) is 0 Å². The number of carbonyl (C=O) groups excluding carboxylic acids is 1. The highest BCUT2D eigenvalue weighted by atomic mass is 32.2. The van der Waals surface area contributed by atoms with Crippen molar-refractivity contribution >= 4 is 27.4 Å². The van der Waals surface area contributed by atoms with E-state index in [1.807, 2.05) is 18.2 Å². The van der Waals surface area contributed by atoms with Crippen LogP contribution in [0.4, 0.5) is 5.69 Å². The molecule has 4 nitrogen and oxygen atoms in total. The van der Waals surface area contributed by atoms with Gasteiger partial charge in [0.15, 0.2) is 0 Å². The molecule has 0 saturated heterocycles. The van der Waals surface area contributed by atoms with E-state index in [9.17, 15) is 13.2 Å². The number of carbonyl (C=O) groups is 1. The lowest BCUT2D eigenvalue weighted by Gasteiger charge is -2.05. The summed E-state index contributed by atoms with van der Waals surface area (Å²) in [5.74, 6) is -0.0680. The van der Waals surface area contributed by atoms with E-state index in [2.05, 4.69) is 5.32 Å². The number of Topliss-reactive ketones (excluding diaryl/α,β-unsaturated/α-hetero) is 1. The number of nitrogens with one attached hydrogen (secondary N) is 1. The van der Waals surface area contributed by atoms with Gasteiger partial charge in [-0.25, -0.2) is 8.42 Å². The third-order valence-corrected chi connectivity index (χ3v) is 6.03. The molecule has 0 radical (unpaired) electrons. The Morgan fingerprint density at radius 1 is 0.731 bits per heavy atom. The van der Waals surface area contributed by atoms with Crippen LogP contribution in [0.2, 0.25) is 0 Å². The fraction of sp³-hybridized carbons (Fsp3) is 0. The molecule has 1 aliphatic rings. The highest BCUT2D eigenvalue weighted by molar-refractivity contribution is 7.91. The molecule has 26 heavy (non-hydrogen) atoms. The van der Waals surface area contributed by atoms with Gasteiger partial charge in [0.05, 0.1) is 15.5 Å². The van der Waals surface area contributed by atoms with E-state index in [0.29, 0.717) is 11.3 Å². The summed E-state index contributed by atoms with van der Waals surface area (Å²) in [4.78, 5) is 12.9. The van der Waals surface area contributed by atoms with Gasteiger partial charge in [-0.15, -0.1) is 0 Å². The Bertz CT molecular complexity index is 1120. The topological polar surface area (TPSA) is 63.2 Å². The molecule has 0 unspecified atom stereocenters. The van der Waals surface area contributed by atoms with Gasteiger partial charge in [-0.1, -0.05) is 42.5 Å². The summed E-state index contributed by atoms with van der Waals surface area (Å²) in [6.45, 7) is 0. The summed E-state index contributed by atoms with van der Waals surface area (Å²) in [6.07, 6.45) is 1.72. The van der Waals surface area contributed by atoms with Crippen LogP contribution in [0.1, 0.15) is 15.9 Å². The number of hydrogen-bond donors (Lipinski definition) is 1. The number of rotatable bonds is 3. The molecule has 0 spiro atoms.